The molecule has 3 nitrogen and oxygen atoms in total. The minimum Gasteiger partial charge on any atom is -0.379 e. The van der Waals surface area contributed by atoms with E-state index in [0.717, 1.165) is 6.42 Å². The van der Waals surface area contributed by atoms with Gasteiger partial charge in [-0.1, -0.05) is 20.8 Å². The predicted octanol–water partition coefficient (Wildman–Crippen LogP) is 2.82. The molecule has 0 aliphatic heterocycles. The Kier molecular flexibility index (Phi) is 5.63. The summed E-state index contributed by atoms with van der Waals surface area (Å²) >= 11 is 0. The summed E-state index contributed by atoms with van der Waals surface area (Å²) < 4.78 is 10.6. The van der Waals surface area contributed by atoms with Crippen LogP contribution in [0, 0.1) is 5.41 Å². The highest BCUT2D eigenvalue weighted by molar-refractivity contribution is 5.83. The summed E-state index contributed by atoms with van der Waals surface area (Å²) in [7, 11) is 3.26. The first-order chi connectivity index (χ1) is 7.14. The second-order valence-electron chi connectivity index (χ2n) is 5.91. The smallest absolute Gasteiger partial charge is 0.162 e. The van der Waals surface area contributed by atoms with Gasteiger partial charge in [-0.25, -0.2) is 0 Å². The van der Waals surface area contributed by atoms with Gasteiger partial charge in [0.15, 0.2) is 5.78 Å². The molecule has 0 aliphatic carbocycles. The van der Waals surface area contributed by atoms with E-state index in [2.05, 4.69) is 0 Å². The first-order valence-electron chi connectivity index (χ1n) is 5.74. The average molecular weight is 230 g/mol. The molecule has 1 unspecified atom stereocenters. The van der Waals surface area contributed by atoms with Crippen molar-refractivity contribution >= 4 is 5.78 Å². The van der Waals surface area contributed by atoms with Crippen LogP contribution in [0.3, 0.4) is 0 Å². The number of ketones is 1. The molecule has 0 aromatic rings. The van der Waals surface area contributed by atoms with Crippen molar-refractivity contribution in [2.24, 2.45) is 5.41 Å². The highest BCUT2D eigenvalue weighted by atomic mass is 16.5. The van der Waals surface area contributed by atoms with Gasteiger partial charge in [0.2, 0.25) is 0 Å². The van der Waals surface area contributed by atoms with Crippen LogP contribution in [-0.2, 0) is 14.3 Å². The Morgan fingerprint density at radius 2 is 1.62 bits per heavy atom. The van der Waals surface area contributed by atoms with Gasteiger partial charge in [-0.15, -0.1) is 0 Å². The first kappa shape index (κ1) is 15.6. The van der Waals surface area contributed by atoms with E-state index in [1.54, 1.807) is 14.2 Å². The number of carbonyl (C=O) groups is 1. The molecular formula is C13H26O3. The van der Waals surface area contributed by atoms with E-state index in [1.807, 2.05) is 34.6 Å². The number of methoxy groups -OCH3 is 2. The molecule has 0 rings (SSSR count). The Hall–Kier alpha value is -0.410. The van der Waals surface area contributed by atoms with E-state index in [9.17, 15) is 4.79 Å². The van der Waals surface area contributed by atoms with Gasteiger partial charge < -0.3 is 9.47 Å². The van der Waals surface area contributed by atoms with Gasteiger partial charge in [-0.05, 0) is 25.7 Å². The number of hydrogen-bond acceptors (Lipinski definition) is 3. The third-order valence-corrected chi connectivity index (χ3v) is 2.84. The zero-order valence-corrected chi connectivity index (χ0v) is 11.7. The maximum Gasteiger partial charge on any atom is 0.162 e. The average Bonchev–Trinajstić information content (AvgIpc) is 2.14. The molecule has 0 aliphatic rings. The summed E-state index contributed by atoms with van der Waals surface area (Å²) in [5, 5.41) is 0. The highest BCUT2D eigenvalue weighted by Gasteiger charge is 2.31. The number of Topliss-reactive ketones (excluding diaryl/α,β-unsaturated/α-hetero) is 1. The molecule has 16 heavy (non-hydrogen) atoms. The van der Waals surface area contributed by atoms with Crippen LogP contribution in [0.2, 0.25) is 0 Å². The fourth-order valence-electron chi connectivity index (χ4n) is 1.63. The molecule has 0 aromatic carbocycles. The summed E-state index contributed by atoms with van der Waals surface area (Å²) in [6.45, 7) is 10.0. The minimum atomic E-state index is -0.333. The molecule has 0 aromatic heterocycles. The topological polar surface area (TPSA) is 35.5 Å². The summed E-state index contributed by atoms with van der Waals surface area (Å²) in [4.78, 5) is 12.0. The van der Waals surface area contributed by atoms with Gasteiger partial charge in [0, 0.05) is 20.6 Å². The van der Waals surface area contributed by atoms with Gasteiger partial charge in [0.05, 0.1) is 5.60 Å². The number of rotatable bonds is 6. The molecular weight excluding hydrogens is 204 g/mol. The molecule has 0 spiro atoms. The molecule has 0 N–H and O–H groups in total. The second kappa shape index (κ2) is 5.78. The van der Waals surface area contributed by atoms with Crippen LogP contribution in [0.1, 0.15) is 47.5 Å². The first-order valence-corrected chi connectivity index (χ1v) is 5.74. The van der Waals surface area contributed by atoms with Crippen molar-refractivity contribution in [2.75, 3.05) is 14.2 Å². The van der Waals surface area contributed by atoms with Crippen molar-refractivity contribution in [2.45, 2.75) is 59.2 Å². The molecule has 1 atom stereocenters. The fraction of sp³-hybridized carbons (Fsp3) is 0.923. The van der Waals surface area contributed by atoms with Crippen LogP contribution in [-0.4, -0.2) is 31.7 Å². The Balaban J connectivity index is 4.35. The molecule has 3 heteroatoms. The van der Waals surface area contributed by atoms with Crippen LogP contribution in [0.5, 0.6) is 0 Å². The Morgan fingerprint density at radius 3 is 1.94 bits per heavy atom. The second-order valence-corrected chi connectivity index (χ2v) is 5.91. The largest absolute Gasteiger partial charge is 0.379 e. The third kappa shape index (κ3) is 5.08. The monoisotopic (exact) mass is 230 g/mol. The molecule has 0 amide bonds. The van der Waals surface area contributed by atoms with Crippen LogP contribution in [0.15, 0.2) is 0 Å². The molecule has 0 saturated heterocycles. The number of hydrogen-bond donors (Lipinski definition) is 0. The molecule has 96 valence electrons. The van der Waals surface area contributed by atoms with E-state index in [4.69, 9.17) is 9.47 Å². The van der Waals surface area contributed by atoms with Crippen LogP contribution >= 0.6 is 0 Å². The van der Waals surface area contributed by atoms with E-state index in [1.165, 1.54) is 0 Å². The van der Waals surface area contributed by atoms with E-state index in [0.29, 0.717) is 6.42 Å². The van der Waals surface area contributed by atoms with E-state index in [-0.39, 0.29) is 22.9 Å². The maximum atomic E-state index is 12.0. The normalized spacial score (nSPS) is 14.9. The predicted molar refractivity (Wildman–Crippen MR) is 65.6 cm³/mol. The molecule has 0 radical (unpaired) electrons. The highest BCUT2D eigenvalue weighted by Crippen LogP contribution is 2.25. The van der Waals surface area contributed by atoms with Crippen molar-refractivity contribution in [3.05, 3.63) is 0 Å². The minimum absolute atomic E-state index is 0.150. The fourth-order valence-corrected chi connectivity index (χ4v) is 1.63. The van der Waals surface area contributed by atoms with Crippen LogP contribution < -0.4 is 0 Å². The molecule has 0 bridgehead atoms. The Labute approximate surface area is 99.5 Å². The van der Waals surface area contributed by atoms with E-state index < -0.39 is 0 Å². The van der Waals surface area contributed by atoms with Crippen molar-refractivity contribution in [1.82, 2.24) is 0 Å². The molecule has 0 saturated carbocycles. The standard InChI is InChI=1S/C13H26O3/c1-12(2,3)11(15-6)10(14)8-9-13(4,5)16-7/h11H,8-9H2,1-7H3. The van der Waals surface area contributed by atoms with Crippen LogP contribution in [0.25, 0.3) is 0 Å². The van der Waals surface area contributed by atoms with Gasteiger partial charge in [-0.3, -0.25) is 4.79 Å². The number of ether oxygens (including phenoxy) is 2. The third-order valence-electron chi connectivity index (χ3n) is 2.84. The van der Waals surface area contributed by atoms with Crippen LogP contribution in [0.4, 0.5) is 0 Å². The number of carbonyl (C=O) groups excluding carboxylic acids is 1. The molecule has 0 fully saturated rings. The lowest BCUT2D eigenvalue weighted by atomic mass is 9.84. The lowest BCUT2D eigenvalue weighted by molar-refractivity contribution is -0.136. The van der Waals surface area contributed by atoms with Crippen molar-refractivity contribution in [3.63, 3.8) is 0 Å². The summed E-state index contributed by atoms with van der Waals surface area (Å²) in [6, 6.07) is 0. The van der Waals surface area contributed by atoms with Gasteiger partial charge in [0.1, 0.15) is 6.10 Å². The van der Waals surface area contributed by atoms with Gasteiger partial charge >= 0.3 is 0 Å². The van der Waals surface area contributed by atoms with Gasteiger partial charge in [0.25, 0.3) is 0 Å². The van der Waals surface area contributed by atoms with Gasteiger partial charge in [-0.2, -0.15) is 0 Å². The quantitative estimate of drug-likeness (QED) is 0.704. The lowest BCUT2D eigenvalue weighted by Crippen LogP contribution is -2.37. The van der Waals surface area contributed by atoms with Crippen molar-refractivity contribution in [1.29, 1.82) is 0 Å². The Morgan fingerprint density at radius 1 is 1.12 bits per heavy atom. The molecule has 0 heterocycles. The van der Waals surface area contributed by atoms with Crippen molar-refractivity contribution < 1.29 is 14.3 Å². The van der Waals surface area contributed by atoms with E-state index >= 15 is 0 Å². The Bertz CT molecular complexity index is 226. The zero-order valence-electron chi connectivity index (χ0n) is 11.7. The summed E-state index contributed by atoms with van der Waals surface area (Å²) in [6.07, 6.45) is 0.884. The van der Waals surface area contributed by atoms with Crippen molar-refractivity contribution in [3.8, 4) is 0 Å². The maximum absolute atomic E-state index is 12.0. The lowest BCUT2D eigenvalue weighted by Gasteiger charge is -2.29. The summed E-state index contributed by atoms with van der Waals surface area (Å²) in [5.41, 5.74) is -0.394. The summed E-state index contributed by atoms with van der Waals surface area (Å²) in [5.74, 6) is 0.153. The zero-order chi connectivity index (χ0) is 13.0. The SMILES string of the molecule is COC(C(=O)CCC(C)(C)OC)C(C)(C)C.